The molecule has 0 saturated carbocycles. The van der Waals surface area contributed by atoms with E-state index in [1.165, 1.54) is 0 Å². The number of nitriles is 1. The van der Waals surface area contributed by atoms with Crippen molar-refractivity contribution in [2.24, 2.45) is 0 Å². The van der Waals surface area contributed by atoms with Crippen LogP contribution in [0.5, 0.6) is 0 Å². The second-order valence-corrected chi connectivity index (χ2v) is 5.23. The number of ether oxygens (including phenoxy) is 1. The number of likely N-dealkylation sites (tertiary alicyclic amines) is 1. The molecule has 0 aliphatic carbocycles. The number of nitrogens with zero attached hydrogens (tertiary/aromatic N) is 3. The smallest absolute Gasteiger partial charge is 0.145 e. The van der Waals surface area contributed by atoms with Gasteiger partial charge < -0.3 is 15.0 Å². The topological polar surface area (TPSA) is 61.2 Å². The van der Waals surface area contributed by atoms with E-state index in [-0.39, 0.29) is 0 Å². The van der Waals surface area contributed by atoms with Crippen molar-refractivity contribution in [1.29, 1.82) is 5.26 Å². The third-order valence-electron chi connectivity index (χ3n) is 3.75. The summed E-state index contributed by atoms with van der Waals surface area (Å²) < 4.78 is 5.11. The van der Waals surface area contributed by atoms with Gasteiger partial charge in [0.15, 0.2) is 0 Å². The molecule has 0 radical (unpaired) electrons. The SMILES string of the molecule is COCCN1CCC(Nc2ccc(C)c(C#N)n2)CC1. The van der Waals surface area contributed by atoms with Gasteiger partial charge in [-0.1, -0.05) is 6.07 Å². The molecule has 108 valence electrons. The van der Waals surface area contributed by atoms with Crippen molar-refractivity contribution in [2.45, 2.75) is 25.8 Å². The van der Waals surface area contributed by atoms with Gasteiger partial charge in [0.05, 0.1) is 6.61 Å². The lowest BCUT2D eigenvalue weighted by atomic mass is 10.1. The molecule has 5 heteroatoms. The Bertz CT molecular complexity index is 475. The Hall–Kier alpha value is -1.64. The Labute approximate surface area is 120 Å². The van der Waals surface area contributed by atoms with E-state index in [1.54, 1.807) is 7.11 Å². The summed E-state index contributed by atoms with van der Waals surface area (Å²) >= 11 is 0. The highest BCUT2D eigenvalue weighted by molar-refractivity contribution is 5.43. The summed E-state index contributed by atoms with van der Waals surface area (Å²) in [6.07, 6.45) is 2.20. The number of piperidine rings is 1. The van der Waals surface area contributed by atoms with Gasteiger partial charge in [-0.2, -0.15) is 5.26 Å². The minimum Gasteiger partial charge on any atom is -0.383 e. The molecule has 1 aliphatic rings. The molecule has 1 saturated heterocycles. The van der Waals surface area contributed by atoms with Crippen LogP contribution in [0.25, 0.3) is 0 Å². The van der Waals surface area contributed by atoms with Gasteiger partial charge in [-0.3, -0.25) is 0 Å². The molecule has 0 atom stereocenters. The minimum absolute atomic E-state index is 0.440. The van der Waals surface area contributed by atoms with Crippen molar-refractivity contribution in [1.82, 2.24) is 9.88 Å². The van der Waals surface area contributed by atoms with E-state index < -0.39 is 0 Å². The quantitative estimate of drug-likeness (QED) is 0.887. The van der Waals surface area contributed by atoms with E-state index in [1.807, 2.05) is 19.1 Å². The molecule has 0 unspecified atom stereocenters. The highest BCUT2D eigenvalue weighted by atomic mass is 16.5. The van der Waals surface area contributed by atoms with Crippen LogP contribution in [0, 0.1) is 18.3 Å². The first-order valence-corrected chi connectivity index (χ1v) is 7.08. The number of nitrogens with one attached hydrogen (secondary N) is 1. The van der Waals surface area contributed by atoms with E-state index in [4.69, 9.17) is 10.00 Å². The number of pyridine rings is 1. The van der Waals surface area contributed by atoms with Crippen molar-refractivity contribution < 1.29 is 4.74 Å². The minimum atomic E-state index is 0.440. The van der Waals surface area contributed by atoms with Crippen molar-refractivity contribution in [3.63, 3.8) is 0 Å². The fourth-order valence-corrected chi connectivity index (χ4v) is 2.45. The van der Waals surface area contributed by atoms with Crippen molar-refractivity contribution in [3.8, 4) is 6.07 Å². The van der Waals surface area contributed by atoms with Crippen molar-refractivity contribution in [3.05, 3.63) is 23.4 Å². The fourth-order valence-electron chi connectivity index (χ4n) is 2.45. The van der Waals surface area contributed by atoms with E-state index >= 15 is 0 Å². The lowest BCUT2D eigenvalue weighted by Crippen LogP contribution is -2.40. The molecule has 0 bridgehead atoms. The molecule has 5 nitrogen and oxygen atoms in total. The highest BCUT2D eigenvalue weighted by Gasteiger charge is 2.19. The average Bonchev–Trinajstić information content (AvgIpc) is 2.48. The third kappa shape index (κ3) is 3.92. The zero-order chi connectivity index (χ0) is 14.4. The van der Waals surface area contributed by atoms with Gasteiger partial charge in [0.25, 0.3) is 0 Å². The van der Waals surface area contributed by atoms with Crippen molar-refractivity contribution >= 4 is 5.82 Å². The van der Waals surface area contributed by atoms with Crippen LogP contribution in [-0.2, 0) is 4.74 Å². The number of anilines is 1. The Morgan fingerprint density at radius 2 is 2.20 bits per heavy atom. The molecule has 0 aromatic carbocycles. The summed E-state index contributed by atoms with van der Waals surface area (Å²) in [5.41, 5.74) is 1.43. The van der Waals surface area contributed by atoms with Crippen LogP contribution >= 0.6 is 0 Å². The predicted molar refractivity (Wildman–Crippen MR) is 78.6 cm³/mol. The maximum Gasteiger partial charge on any atom is 0.145 e. The van der Waals surface area contributed by atoms with Gasteiger partial charge >= 0.3 is 0 Å². The van der Waals surface area contributed by atoms with E-state index in [2.05, 4.69) is 21.3 Å². The average molecular weight is 274 g/mol. The first-order chi connectivity index (χ1) is 9.72. The van der Waals surface area contributed by atoms with Crippen LogP contribution in [0.4, 0.5) is 5.82 Å². The summed E-state index contributed by atoms with van der Waals surface area (Å²) in [7, 11) is 1.74. The molecule has 0 amide bonds. The van der Waals surface area contributed by atoms with Gasteiger partial charge in [-0.05, 0) is 31.4 Å². The Morgan fingerprint density at radius 1 is 1.45 bits per heavy atom. The first-order valence-electron chi connectivity index (χ1n) is 7.08. The lowest BCUT2D eigenvalue weighted by Gasteiger charge is -2.32. The lowest BCUT2D eigenvalue weighted by molar-refractivity contribution is 0.132. The largest absolute Gasteiger partial charge is 0.383 e. The van der Waals surface area contributed by atoms with Crippen LogP contribution in [0.15, 0.2) is 12.1 Å². The predicted octanol–water partition coefficient (Wildman–Crippen LogP) is 1.78. The zero-order valence-corrected chi connectivity index (χ0v) is 12.2. The number of hydrogen-bond donors (Lipinski definition) is 1. The highest BCUT2D eigenvalue weighted by Crippen LogP contribution is 2.16. The van der Waals surface area contributed by atoms with Crippen LogP contribution in [-0.4, -0.2) is 49.3 Å². The molecule has 2 heterocycles. The number of aryl methyl sites for hydroxylation is 1. The number of aromatic nitrogens is 1. The molecule has 20 heavy (non-hydrogen) atoms. The van der Waals surface area contributed by atoms with E-state index in [0.29, 0.717) is 11.7 Å². The van der Waals surface area contributed by atoms with E-state index in [9.17, 15) is 0 Å². The van der Waals surface area contributed by atoms with Gasteiger partial charge in [-0.25, -0.2) is 4.98 Å². The van der Waals surface area contributed by atoms with Crippen LogP contribution in [0.3, 0.4) is 0 Å². The van der Waals surface area contributed by atoms with Crippen LogP contribution < -0.4 is 5.32 Å². The van der Waals surface area contributed by atoms with Crippen LogP contribution in [0.2, 0.25) is 0 Å². The monoisotopic (exact) mass is 274 g/mol. The normalized spacial score (nSPS) is 16.9. The summed E-state index contributed by atoms with van der Waals surface area (Å²) in [6.45, 7) is 5.87. The van der Waals surface area contributed by atoms with Crippen LogP contribution in [0.1, 0.15) is 24.1 Å². The maximum absolute atomic E-state index is 9.01. The number of rotatable bonds is 5. The van der Waals surface area contributed by atoms with Gasteiger partial charge in [0.2, 0.25) is 0 Å². The van der Waals surface area contributed by atoms with Gasteiger partial charge in [0.1, 0.15) is 17.6 Å². The summed E-state index contributed by atoms with van der Waals surface area (Å²) in [6, 6.07) is 6.47. The van der Waals surface area contributed by atoms with Crippen molar-refractivity contribution in [2.75, 3.05) is 38.7 Å². The number of hydrogen-bond acceptors (Lipinski definition) is 5. The molecule has 1 fully saturated rings. The molecular formula is C15H22N4O. The zero-order valence-electron chi connectivity index (χ0n) is 12.2. The molecule has 0 spiro atoms. The number of methoxy groups -OCH3 is 1. The molecule has 2 rings (SSSR count). The fraction of sp³-hybridized carbons (Fsp3) is 0.600. The Balaban J connectivity index is 1.85. The maximum atomic E-state index is 9.01. The third-order valence-corrected chi connectivity index (χ3v) is 3.75. The molecule has 1 aliphatic heterocycles. The molecule has 1 N–H and O–H groups in total. The molecule has 1 aromatic rings. The summed E-state index contributed by atoms with van der Waals surface area (Å²) in [4.78, 5) is 6.77. The first kappa shape index (κ1) is 14.8. The van der Waals surface area contributed by atoms with Gasteiger partial charge in [0, 0.05) is 32.8 Å². The second-order valence-electron chi connectivity index (χ2n) is 5.23. The van der Waals surface area contributed by atoms with E-state index in [0.717, 1.165) is 50.5 Å². The summed E-state index contributed by atoms with van der Waals surface area (Å²) in [5.74, 6) is 0.808. The summed E-state index contributed by atoms with van der Waals surface area (Å²) in [5, 5.41) is 12.4. The second kappa shape index (κ2) is 7.22. The molecule has 1 aromatic heterocycles. The standard InChI is InChI=1S/C15H22N4O/c1-12-3-4-15(18-14(12)11-16)17-13-5-7-19(8-6-13)9-10-20-2/h3-4,13H,5-10H2,1-2H3,(H,17,18). The Morgan fingerprint density at radius 3 is 2.85 bits per heavy atom. The van der Waals surface area contributed by atoms with Gasteiger partial charge in [-0.15, -0.1) is 0 Å². The Kier molecular flexibility index (Phi) is 5.33. The molecular weight excluding hydrogens is 252 g/mol.